The number of aryl methyl sites for hydroxylation is 2. The molecule has 4 aromatic rings. The zero-order valence-corrected chi connectivity index (χ0v) is 14.9. The summed E-state index contributed by atoms with van der Waals surface area (Å²) in [6.45, 7) is 6.30. The second-order valence-electron chi connectivity index (χ2n) is 6.29. The molecule has 1 N–H and O–H groups in total. The maximum atomic E-state index is 4.72. The molecule has 0 bridgehead atoms. The number of anilines is 1. The van der Waals surface area contributed by atoms with Crippen LogP contribution in [0.4, 0.5) is 5.95 Å². The minimum absolute atomic E-state index is 0.579. The minimum atomic E-state index is 0.579. The number of aromatic nitrogens is 6. The summed E-state index contributed by atoms with van der Waals surface area (Å²) in [6.07, 6.45) is 5.55. The average molecular weight is 347 g/mol. The van der Waals surface area contributed by atoms with E-state index in [1.807, 2.05) is 29.2 Å². The topological polar surface area (TPSA) is 73.5 Å². The van der Waals surface area contributed by atoms with Gasteiger partial charge in [-0.15, -0.1) is 5.10 Å². The normalized spacial score (nSPS) is 11.2. The molecule has 7 heteroatoms. The summed E-state index contributed by atoms with van der Waals surface area (Å²) >= 11 is 0. The largest absolute Gasteiger partial charge is 0.350 e. The maximum Gasteiger partial charge on any atom is 0.204 e. The van der Waals surface area contributed by atoms with Crippen LogP contribution < -0.4 is 5.32 Å². The lowest BCUT2D eigenvalue weighted by Gasteiger charge is -2.07. The molecule has 4 rings (SSSR count). The van der Waals surface area contributed by atoms with Crippen LogP contribution in [0.3, 0.4) is 0 Å². The van der Waals surface area contributed by atoms with Gasteiger partial charge in [0.15, 0.2) is 0 Å². The fourth-order valence-electron chi connectivity index (χ4n) is 3.04. The molecular weight excluding hydrogens is 326 g/mol. The lowest BCUT2D eigenvalue weighted by Crippen LogP contribution is -2.07. The van der Waals surface area contributed by atoms with E-state index in [1.165, 1.54) is 5.56 Å². The van der Waals surface area contributed by atoms with E-state index < -0.39 is 0 Å². The molecule has 132 valence electrons. The number of nitrogens with zero attached hydrogens (tertiary/aromatic N) is 6. The average Bonchev–Trinajstić information content (AvgIpc) is 3.24. The van der Waals surface area contributed by atoms with Crippen molar-refractivity contribution in [1.29, 1.82) is 0 Å². The molecule has 0 aliphatic rings. The van der Waals surface area contributed by atoms with E-state index in [4.69, 9.17) is 4.98 Å². The van der Waals surface area contributed by atoms with Gasteiger partial charge in [-0.25, -0.2) is 9.67 Å². The first-order valence-electron chi connectivity index (χ1n) is 8.71. The monoisotopic (exact) mass is 347 g/mol. The van der Waals surface area contributed by atoms with E-state index in [2.05, 4.69) is 57.2 Å². The summed E-state index contributed by atoms with van der Waals surface area (Å²) in [5, 5.41) is 11.8. The minimum Gasteiger partial charge on any atom is -0.350 e. The van der Waals surface area contributed by atoms with Gasteiger partial charge in [0.2, 0.25) is 5.95 Å². The molecular formula is C19H21N7. The van der Waals surface area contributed by atoms with Gasteiger partial charge < -0.3 is 9.88 Å². The van der Waals surface area contributed by atoms with Crippen molar-refractivity contribution in [2.24, 2.45) is 0 Å². The molecule has 0 fully saturated rings. The molecule has 1 aromatic carbocycles. The number of hydrogen-bond acceptors (Lipinski definition) is 5. The zero-order valence-electron chi connectivity index (χ0n) is 14.9. The Bertz CT molecular complexity index is 1020. The van der Waals surface area contributed by atoms with Gasteiger partial charge in [-0.1, -0.05) is 17.3 Å². The van der Waals surface area contributed by atoms with Gasteiger partial charge in [0.1, 0.15) is 5.69 Å². The van der Waals surface area contributed by atoms with Gasteiger partial charge in [0.25, 0.3) is 0 Å². The van der Waals surface area contributed by atoms with Crippen LogP contribution in [-0.2, 0) is 19.6 Å². The first kappa shape index (κ1) is 16.3. The number of benzene rings is 1. The molecule has 0 unspecified atom stereocenters. The van der Waals surface area contributed by atoms with Crippen molar-refractivity contribution in [3.8, 4) is 0 Å². The second-order valence-corrected chi connectivity index (χ2v) is 6.29. The van der Waals surface area contributed by atoms with Crippen LogP contribution in [0, 0.1) is 6.92 Å². The van der Waals surface area contributed by atoms with Crippen LogP contribution in [0.1, 0.15) is 23.7 Å². The third kappa shape index (κ3) is 3.28. The summed E-state index contributed by atoms with van der Waals surface area (Å²) in [6, 6.07) is 10.3. The molecule has 26 heavy (non-hydrogen) atoms. The summed E-state index contributed by atoms with van der Waals surface area (Å²) in [5.74, 6) is 0.856. The van der Waals surface area contributed by atoms with Gasteiger partial charge in [-0.3, -0.25) is 4.98 Å². The van der Waals surface area contributed by atoms with Gasteiger partial charge in [0.05, 0.1) is 30.3 Å². The van der Waals surface area contributed by atoms with Gasteiger partial charge in [-0.2, -0.15) is 0 Å². The Morgan fingerprint density at radius 2 is 2.12 bits per heavy atom. The van der Waals surface area contributed by atoms with Gasteiger partial charge in [-0.05, 0) is 43.2 Å². The highest BCUT2D eigenvalue weighted by atomic mass is 15.4. The molecule has 3 heterocycles. The Hall–Kier alpha value is -3.22. The van der Waals surface area contributed by atoms with E-state index in [9.17, 15) is 0 Å². The summed E-state index contributed by atoms with van der Waals surface area (Å²) in [7, 11) is 0. The lowest BCUT2D eigenvalue weighted by molar-refractivity contribution is 0.648. The molecule has 0 saturated heterocycles. The molecule has 0 radical (unpaired) electrons. The highest BCUT2D eigenvalue weighted by Gasteiger charge is 2.10. The van der Waals surface area contributed by atoms with Gasteiger partial charge >= 0.3 is 0 Å². The predicted molar refractivity (Wildman–Crippen MR) is 101 cm³/mol. The highest BCUT2D eigenvalue weighted by molar-refractivity contribution is 5.79. The summed E-state index contributed by atoms with van der Waals surface area (Å²) in [4.78, 5) is 8.85. The van der Waals surface area contributed by atoms with E-state index in [-0.39, 0.29) is 0 Å². The Balaban J connectivity index is 1.48. The van der Waals surface area contributed by atoms with Crippen LogP contribution in [0.15, 0.2) is 48.9 Å². The van der Waals surface area contributed by atoms with Gasteiger partial charge in [0, 0.05) is 18.9 Å². The van der Waals surface area contributed by atoms with Crippen LogP contribution in [-0.4, -0.2) is 29.5 Å². The third-order valence-electron chi connectivity index (χ3n) is 4.30. The van der Waals surface area contributed by atoms with E-state index >= 15 is 0 Å². The summed E-state index contributed by atoms with van der Waals surface area (Å²) < 4.78 is 4.00. The SMILES string of the molecule is CCn1c(NCc2cn(Cc3cccnc3)nn2)nc2cc(C)ccc21. The van der Waals surface area contributed by atoms with Crippen molar-refractivity contribution < 1.29 is 0 Å². The Kier molecular flexibility index (Phi) is 4.35. The molecule has 0 aliphatic carbocycles. The standard InChI is InChI=1S/C19H21N7/c1-3-26-18-7-6-14(2)9-17(18)22-19(26)21-11-16-13-25(24-23-16)12-15-5-4-8-20-10-15/h4-10,13H,3,11-12H2,1-2H3,(H,21,22). The first-order chi connectivity index (χ1) is 12.7. The quantitative estimate of drug-likeness (QED) is 0.580. The fraction of sp³-hybridized carbons (Fsp3) is 0.263. The number of rotatable bonds is 6. The molecule has 0 spiro atoms. The third-order valence-corrected chi connectivity index (χ3v) is 4.30. The van der Waals surface area contributed by atoms with Crippen molar-refractivity contribution in [2.45, 2.75) is 33.5 Å². The van der Waals surface area contributed by atoms with Crippen molar-refractivity contribution in [2.75, 3.05) is 5.32 Å². The maximum absolute atomic E-state index is 4.72. The van der Waals surface area contributed by atoms with E-state index in [0.717, 1.165) is 34.8 Å². The predicted octanol–water partition coefficient (Wildman–Crippen LogP) is 3.01. The second kappa shape index (κ2) is 6.95. The van der Waals surface area contributed by atoms with E-state index in [0.29, 0.717) is 13.1 Å². The number of pyridine rings is 1. The smallest absolute Gasteiger partial charge is 0.204 e. The Morgan fingerprint density at radius 3 is 2.92 bits per heavy atom. The first-order valence-corrected chi connectivity index (χ1v) is 8.71. The van der Waals surface area contributed by atoms with E-state index in [1.54, 1.807) is 6.20 Å². The molecule has 0 aliphatic heterocycles. The fourth-order valence-corrected chi connectivity index (χ4v) is 3.04. The van der Waals surface area contributed by atoms with Crippen LogP contribution in [0.25, 0.3) is 11.0 Å². The lowest BCUT2D eigenvalue weighted by atomic mass is 10.2. The number of imidazole rings is 1. The molecule has 0 amide bonds. The van der Waals surface area contributed by atoms with Crippen LogP contribution in [0.5, 0.6) is 0 Å². The molecule has 3 aromatic heterocycles. The van der Waals surface area contributed by atoms with Crippen molar-refractivity contribution in [3.63, 3.8) is 0 Å². The van der Waals surface area contributed by atoms with Crippen molar-refractivity contribution in [3.05, 3.63) is 65.7 Å². The molecule has 0 saturated carbocycles. The Morgan fingerprint density at radius 1 is 1.19 bits per heavy atom. The summed E-state index contributed by atoms with van der Waals surface area (Å²) in [5.41, 5.74) is 5.33. The number of nitrogens with one attached hydrogen (secondary N) is 1. The highest BCUT2D eigenvalue weighted by Crippen LogP contribution is 2.21. The van der Waals surface area contributed by atoms with Crippen LogP contribution >= 0.6 is 0 Å². The molecule has 0 atom stereocenters. The molecule has 7 nitrogen and oxygen atoms in total. The Labute approximate surface area is 151 Å². The number of hydrogen-bond donors (Lipinski definition) is 1. The zero-order chi connectivity index (χ0) is 17.9. The van der Waals surface area contributed by atoms with Crippen molar-refractivity contribution in [1.82, 2.24) is 29.5 Å². The number of fused-ring (bicyclic) bond motifs is 1. The van der Waals surface area contributed by atoms with Crippen molar-refractivity contribution >= 4 is 17.0 Å². The van der Waals surface area contributed by atoms with Crippen LogP contribution in [0.2, 0.25) is 0 Å².